The molecule has 0 aromatic heterocycles. The van der Waals surface area contributed by atoms with Gasteiger partial charge in [-0.15, -0.1) is 0 Å². The Balaban J connectivity index is 2.11. The lowest BCUT2D eigenvalue weighted by atomic mass is 10.1. The van der Waals surface area contributed by atoms with Crippen LogP contribution in [0.5, 0.6) is 0 Å². The number of hydrogen-bond acceptors (Lipinski definition) is 3. The topological polar surface area (TPSA) is 54.4 Å². The number of fused-ring (bicyclic) bond motifs is 1. The van der Waals surface area contributed by atoms with Crippen molar-refractivity contribution in [3.63, 3.8) is 0 Å². The Kier molecular flexibility index (Phi) is 3.78. The van der Waals surface area contributed by atoms with Gasteiger partial charge in [-0.1, -0.05) is 18.2 Å². The molecule has 4 heteroatoms. The van der Waals surface area contributed by atoms with Gasteiger partial charge >= 0.3 is 0 Å². The highest BCUT2D eigenvalue weighted by Crippen LogP contribution is 2.29. The van der Waals surface area contributed by atoms with Crippen molar-refractivity contribution < 1.29 is 13.5 Å². The second-order valence-corrected chi connectivity index (χ2v) is 8.02. The van der Waals surface area contributed by atoms with Crippen LogP contribution in [0.25, 0.3) is 0 Å². The van der Waals surface area contributed by atoms with Crippen molar-refractivity contribution in [1.29, 1.82) is 0 Å². The minimum atomic E-state index is -2.96. The second-order valence-electron chi connectivity index (χ2n) is 5.41. The summed E-state index contributed by atoms with van der Waals surface area (Å²) < 4.78 is 23.8. The van der Waals surface area contributed by atoms with E-state index in [1.807, 2.05) is 18.2 Å². The maximum atomic E-state index is 11.9. The molecule has 2 rings (SSSR count). The Labute approximate surface area is 109 Å². The molecule has 1 aromatic carbocycles. The summed E-state index contributed by atoms with van der Waals surface area (Å²) in [5.41, 5.74) is 3.34. The lowest BCUT2D eigenvalue weighted by Gasteiger charge is -2.12. The second kappa shape index (κ2) is 5.02. The zero-order chi connectivity index (χ0) is 13.3. The first-order valence-electron chi connectivity index (χ1n) is 6.35. The van der Waals surface area contributed by atoms with Crippen molar-refractivity contribution in [1.82, 2.24) is 0 Å². The Morgan fingerprint density at radius 3 is 2.56 bits per heavy atom. The Morgan fingerprint density at radius 2 is 1.94 bits per heavy atom. The fourth-order valence-electron chi connectivity index (χ4n) is 2.50. The summed E-state index contributed by atoms with van der Waals surface area (Å²) in [6, 6.07) is 5.93. The van der Waals surface area contributed by atoms with Gasteiger partial charge in [0.15, 0.2) is 9.84 Å². The third-order valence-electron chi connectivity index (χ3n) is 3.66. The van der Waals surface area contributed by atoms with Crippen LogP contribution in [0.2, 0.25) is 0 Å². The maximum absolute atomic E-state index is 11.9. The van der Waals surface area contributed by atoms with E-state index in [0.717, 1.165) is 18.4 Å². The van der Waals surface area contributed by atoms with E-state index in [-0.39, 0.29) is 23.5 Å². The molecule has 1 N–H and O–H groups in total. The fraction of sp³-hybridized carbons (Fsp3) is 0.571. The quantitative estimate of drug-likeness (QED) is 0.904. The predicted octanol–water partition coefficient (Wildman–Crippen LogP) is 1.72. The van der Waals surface area contributed by atoms with Gasteiger partial charge in [0, 0.05) is 0 Å². The molecule has 0 saturated heterocycles. The summed E-state index contributed by atoms with van der Waals surface area (Å²) in [6.45, 7) is 3.52. The van der Waals surface area contributed by atoms with Crippen molar-refractivity contribution in [3.8, 4) is 0 Å². The van der Waals surface area contributed by atoms with Crippen LogP contribution >= 0.6 is 0 Å². The van der Waals surface area contributed by atoms with E-state index in [1.54, 1.807) is 13.8 Å². The predicted molar refractivity (Wildman–Crippen MR) is 72.2 cm³/mol. The highest BCUT2D eigenvalue weighted by molar-refractivity contribution is 7.91. The first-order chi connectivity index (χ1) is 8.42. The summed E-state index contributed by atoms with van der Waals surface area (Å²) in [4.78, 5) is 0. The summed E-state index contributed by atoms with van der Waals surface area (Å²) in [5, 5.41) is 8.80. The molecule has 0 heterocycles. The average Bonchev–Trinajstić information content (AvgIpc) is 2.68. The van der Waals surface area contributed by atoms with Crippen LogP contribution in [-0.2, 0) is 29.3 Å². The molecule has 1 aromatic rings. The third-order valence-corrected chi connectivity index (χ3v) is 6.03. The Bertz CT molecular complexity index is 532. The minimum absolute atomic E-state index is 0.0439. The standard InChI is InChI=1S/C14H20O3S/c1-10(2)18(16,17)9-12-6-13-4-3-11(8-15)5-14(13)7-12/h3-5,10,12,15H,6-9H2,1-2H3/t12-/m1/s1. The van der Waals surface area contributed by atoms with Crippen LogP contribution in [0, 0.1) is 5.92 Å². The lowest BCUT2D eigenvalue weighted by Crippen LogP contribution is -2.23. The van der Waals surface area contributed by atoms with E-state index in [9.17, 15) is 8.42 Å². The molecule has 1 aliphatic rings. The molecule has 3 nitrogen and oxygen atoms in total. The van der Waals surface area contributed by atoms with Gasteiger partial charge < -0.3 is 5.11 Å². The van der Waals surface area contributed by atoms with Crippen LogP contribution in [0.1, 0.15) is 30.5 Å². The van der Waals surface area contributed by atoms with Gasteiger partial charge in [0.1, 0.15) is 0 Å². The van der Waals surface area contributed by atoms with Gasteiger partial charge in [-0.2, -0.15) is 0 Å². The SMILES string of the molecule is CC(C)S(=O)(=O)C[C@@H]1Cc2ccc(CO)cc2C1. The van der Waals surface area contributed by atoms with Crippen molar-refractivity contribution in [3.05, 3.63) is 34.9 Å². The van der Waals surface area contributed by atoms with E-state index >= 15 is 0 Å². The largest absolute Gasteiger partial charge is 0.392 e. The summed E-state index contributed by atoms with van der Waals surface area (Å²) in [5.74, 6) is 0.467. The monoisotopic (exact) mass is 268 g/mol. The highest BCUT2D eigenvalue weighted by Gasteiger charge is 2.28. The van der Waals surface area contributed by atoms with E-state index in [4.69, 9.17) is 5.11 Å². The minimum Gasteiger partial charge on any atom is -0.392 e. The van der Waals surface area contributed by atoms with Crippen LogP contribution in [0.4, 0.5) is 0 Å². The molecule has 0 radical (unpaired) electrons. The molecule has 0 spiro atoms. The van der Waals surface area contributed by atoms with Gasteiger partial charge in [0.2, 0.25) is 0 Å². The van der Waals surface area contributed by atoms with Gasteiger partial charge in [-0.05, 0) is 49.3 Å². The first kappa shape index (κ1) is 13.6. The average molecular weight is 268 g/mol. The molecule has 18 heavy (non-hydrogen) atoms. The van der Waals surface area contributed by atoms with Gasteiger partial charge in [0.05, 0.1) is 17.6 Å². The molecule has 0 unspecified atom stereocenters. The number of aliphatic hydroxyl groups is 1. The van der Waals surface area contributed by atoms with Crippen molar-refractivity contribution in [2.24, 2.45) is 5.92 Å². The Hall–Kier alpha value is -0.870. The number of benzene rings is 1. The van der Waals surface area contributed by atoms with Crippen molar-refractivity contribution in [2.45, 2.75) is 38.5 Å². The van der Waals surface area contributed by atoms with Gasteiger partial charge in [-0.25, -0.2) is 8.42 Å². The molecule has 100 valence electrons. The van der Waals surface area contributed by atoms with E-state index in [1.165, 1.54) is 11.1 Å². The summed E-state index contributed by atoms with van der Waals surface area (Å²) >= 11 is 0. The summed E-state index contributed by atoms with van der Waals surface area (Å²) in [6.07, 6.45) is 1.65. The summed E-state index contributed by atoms with van der Waals surface area (Å²) in [7, 11) is -2.96. The normalized spacial score (nSPS) is 19.2. The number of hydrogen-bond donors (Lipinski definition) is 1. The zero-order valence-corrected chi connectivity index (χ0v) is 11.7. The smallest absolute Gasteiger partial charge is 0.152 e. The molecule has 0 bridgehead atoms. The van der Waals surface area contributed by atoms with Gasteiger partial charge in [-0.3, -0.25) is 0 Å². The van der Waals surface area contributed by atoms with Gasteiger partial charge in [0.25, 0.3) is 0 Å². The molecule has 0 amide bonds. The van der Waals surface area contributed by atoms with Crippen LogP contribution in [0.3, 0.4) is 0 Å². The number of sulfone groups is 1. The molecular weight excluding hydrogens is 248 g/mol. The molecule has 0 fully saturated rings. The van der Waals surface area contributed by atoms with Crippen LogP contribution in [0.15, 0.2) is 18.2 Å². The van der Waals surface area contributed by atoms with Crippen molar-refractivity contribution in [2.75, 3.05) is 5.75 Å². The van der Waals surface area contributed by atoms with Crippen molar-refractivity contribution >= 4 is 9.84 Å². The molecule has 1 aliphatic carbocycles. The first-order valence-corrected chi connectivity index (χ1v) is 8.07. The molecule has 0 saturated carbocycles. The zero-order valence-electron chi connectivity index (χ0n) is 10.9. The maximum Gasteiger partial charge on any atom is 0.152 e. The number of rotatable bonds is 4. The molecular formula is C14H20O3S. The molecule has 1 atom stereocenters. The number of aliphatic hydroxyl groups excluding tert-OH is 1. The van der Waals surface area contributed by atoms with E-state index in [0.29, 0.717) is 0 Å². The van der Waals surface area contributed by atoms with Crippen LogP contribution in [-0.4, -0.2) is 24.5 Å². The van der Waals surface area contributed by atoms with E-state index in [2.05, 4.69) is 0 Å². The molecule has 0 aliphatic heterocycles. The highest BCUT2D eigenvalue weighted by atomic mass is 32.2. The lowest BCUT2D eigenvalue weighted by molar-refractivity contribution is 0.281. The fourth-order valence-corrected chi connectivity index (χ4v) is 3.78. The third kappa shape index (κ3) is 2.75. The Morgan fingerprint density at radius 1 is 1.28 bits per heavy atom. The van der Waals surface area contributed by atoms with E-state index < -0.39 is 9.84 Å². The van der Waals surface area contributed by atoms with Crippen LogP contribution < -0.4 is 0 Å².